The first-order valence-electron chi connectivity index (χ1n) is 11.8. The highest BCUT2D eigenvalue weighted by Gasteiger charge is 2.40. The summed E-state index contributed by atoms with van der Waals surface area (Å²) in [5.41, 5.74) is 3.27. The van der Waals surface area contributed by atoms with Gasteiger partial charge in [-0.15, -0.1) is 0 Å². The molecule has 3 atom stereocenters. The summed E-state index contributed by atoms with van der Waals surface area (Å²) in [6.45, 7) is 3.35. The van der Waals surface area contributed by atoms with Crippen LogP contribution in [0.25, 0.3) is 0 Å². The molecule has 5 rings (SSSR count). The maximum Gasteiger partial charge on any atom is 0.253 e. The van der Waals surface area contributed by atoms with E-state index in [0.717, 1.165) is 46.6 Å². The molecule has 6 heteroatoms. The Hall–Kier alpha value is -2.21. The number of halogens is 1. The molecule has 2 aromatic rings. The van der Waals surface area contributed by atoms with Crippen LogP contribution in [-0.2, 0) is 0 Å². The molecule has 1 saturated heterocycles. The van der Waals surface area contributed by atoms with Crippen molar-refractivity contribution in [1.82, 2.24) is 15.2 Å². The van der Waals surface area contributed by atoms with Crippen molar-refractivity contribution in [3.8, 4) is 0 Å². The number of benzene rings is 1. The lowest BCUT2D eigenvalue weighted by atomic mass is 9.89. The topological polar surface area (TPSA) is 62.3 Å². The van der Waals surface area contributed by atoms with Gasteiger partial charge in [0.1, 0.15) is 0 Å². The molecule has 1 aromatic heterocycles. The maximum absolute atomic E-state index is 13.2. The van der Waals surface area contributed by atoms with E-state index in [4.69, 9.17) is 4.98 Å². The molecule has 1 N–H and O–H groups in total. The van der Waals surface area contributed by atoms with Crippen molar-refractivity contribution in [2.24, 2.45) is 11.8 Å². The number of rotatable bonds is 4. The van der Waals surface area contributed by atoms with Crippen molar-refractivity contribution < 1.29 is 9.59 Å². The van der Waals surface area contributed by atoms with Crippen LogP contribution >= 0.6 is 15.9 Å². The molecule has 168 valence electrons. The predicted octanol–water partition coefficient (Wildman–Crippen LogP) is 5.09. The monoisotopic (exact) mass is 495 g/mol. The number of piperidine rings is 1. The van der Waals surface area contributed by atoms with Gasteiger partial charge in [0.25, 0.3) is 11.8 Å². The number of hydrogen-bond acceptors (Lipinski definition) is 3. The largest absolute Gasteiger partial charge is 0.349 e. The summed E-state index contributed by atoms with van der Waals surface area (Å²) in [6, 6.07) is 11.7. The van der Waals surface area contributed by atoms with Gasteiger partial charge in [-0.3, -0.25) is 14.6 Å². The van der Waals surface area contributed by atoms with E-state index in [0.29, 0.717) is 30.6 Å². The first-order chi connectivity index (χ1) is 15.5. The van der Waals surface area contributed by atoms with Gasteiger partial charge in [0.15, 0.2) is 0 Å². The standard InChI is InChI=1S/C26H30BrN3O2/c1-16-2-9-22(25(31)29-23-15-17-3-4-20(23)14-17)24(28-16)18-10-12-30(13-11-18)26(32)19-5-7-21(27)8-6-19/h2,5-9,17-18,20,23H,3-4,10-15H2,1H3,(H,29,31)/t17-,20-,23+/m0/s1. The number of nitrogens with zero attached hydrogens (tertiary/aromatic N) is 2. The Morgan fingerprint density at radius 3 is 2.41 bits per heavy atom. The van der Waals surface area contributed by atoms with Gasteiger partial charge in [0.2, 0.25) is 0 Å². The van der Waals surface area contributed by atoms with Gasteiger partial charge in [-0.1, -0.05) is 22.4 Å². The number of likely N-dealkylation sites (tertiary alicyclic amines) is 1. The molecule has 2 amide bonds. The fraction of sp³-hybridized carbons (Fsp3) is 0.500. The van der Waals surface area contributed by atoms with Crippen LogP contribution in [-0.4, -0.2) is 40.8 Å². The third-order valence-electron chi connectivity index (χ3n) is 7.62. The van der Waals surface area contributed by atoms with Crippen molar-refractivity contribution in [2.75, 3.05) is 13.1 Å². The van der Waals surface area contributed by atoms with Crippen LogP contribution in [0.4, 0.5) is 0 Å². The minimum atomic E-state index is 0.0263. The van der Waals surface area contributed by atoms with E-state index >= 15 is 0 Å². The molecule has 2 aliphatic carbocycles. The van der Waals surface area contributed by atoms with Gasteiger partial charge >= 0.3 is 0 Å². The molecule has 0 radical (unpaired) electrons. The molecule has 1 aliphatic heterocycles. The van der Waals surface area contributed by atoms with E-state index < -0.39 is 0 Å². The molecule has 5 nitrogen and oxygen atoms in total. The highest BCUT2D eigenvalue weighted by Crippen LogP contribution is 2.44. The summed E-state index contributed by atoms with van der Waals surface area (Å²) >= 11 is 3.42. The molecule has 2 saturated carbocycles. The number of aromatic nitrogens is 1. The number of nitrogens with one attached hydrogen (secondary N) is 1. The Bertz CT molecular complexity index is 1010. The third kappa shape index (κ3) is 4.34. The van der Waals surface area contributed by atoms with Crippen LogP contribution in [0, 0.1) is 18.8 Å². The van der Waals surface area contributed by atoms with Crippen LogP contribution in [0.2, 0.25) is 0 Å². The Morgan fingerprint density at radius 1 is 1.00 bits per heavy atom. The number of fused-ring (bicyclic) bond motifs is 2. The van der Waals surface area contributed by atoms with Crippen molar-refractivity contribution in [3.63, 3.8) is 0 Å². The summed E-state index contributed by atoms with van der Waals surface area (Å²) in [6.07, 6.45) is 6.63. The lowest BCUT2D eigenvalue weighted by molar-refractivity contribution is 0.0710. The van der Waals surface area contributed by atoms with Gasteiger partial charge in [0, 0.05) is 40.8 Å². The summed E-state index contributed by atoms with van der Waals surface area (Å²) in [5, 5.41) is 3.33. The normalized spacial score (nSPS) is 25.2. The predicted molar refractivity (Wildman–Crippen MR) is 128 cm³/mol. The number of pyridine rings is 1. The Kier molecular flexibility index (Phi) is 6.06. The molecule has 2 heterocycles. The van der Waals surface area contributed by atoms with Crippen LogP contribution in [0.3, 0.4) is 0 Å². The molecular weight excluding hydrogens is 466 g/mol. The number of hydrogen-bond donors (Lipinski definition) is 1. The molecule has 2 bridgehead atoms. The lowest BCUT2D eigenvalue weighted by Crippen LogP contribution is -2.40. The fourth-order valence-corrected chi connectivity index (χ4v) is 6.14. The smallest absolute Gasteiger partial charge is 0.253 e. The molecule has 3 fully saturated rings. The molecule has 3 aliphatic rings. The van der Waals surface area contributed by atoms with E-state index in [9.17, 15) is 9.59 Å². The number of carbonyl (C=O) groups is 2. The second-order valence-corrected chi connectivity index (χ2v) is 10.6. The zero-order valence-electron chi connectivity index (χ0n) is 18.5. The molecule has 0 spiro atoms. The van der Waals surface area contributed by atoms with Gasteiger partial charge in [0.05, 0.1) is 11.3 Å². The van der Waals surface area contributed by atoms with Crippen molar-refractivity contribution in [2.45, 2.75) is 57.4 Å². The highest BCUT2D eigenvalue weighted by molar-refractivity contribution is 9.10. The number of carbonyl (C=O) groups excluding carboxylic acids is 2. The second kappa shape index (κ2) is 8.97. The van der Waals surface area contributed by atoms with Gasteiger partial charge in [-0.05, 0) is 87.3 Å². The fourth-order valence-electron chi connectivity index (χ4n) is 5.88. The quantitative estimate of drug-likeness (QED) is 0.642. The van der Waals surface area contributed by atoms with E-state index in [1.54, 1.807) is 0 Å². The Balaban J connectivity index is 1.27. The van der Waals surface area contributed by atoms with E-state index in [1.165, 1.54) is 19.3 Å². The lowest BCUT2D eigenvalue weighted by Gasteiger charge is -2.33. The Morgan fingerprint density at radius 2 is 1.75 bits per heavy atom. The maximum atomic E-state index is 13.2. The number of amides is 2. The number of aryl methyl sites for hydroxylation is 1. The van der Waals surface area contributed by atoms with Gasteiger partial charge in [-0.25, -0.2) is 0 Å². The summed E-state index contributed by atoms with van der Waals surface area (Å²) in [4.78, 5) is 32.8. The zero-order valence-corrected chi connectivity index (χ0v) is 20.1. The first kappa shape index (κ1) is 21.6. The summed E-state index contributed by atoms with van der Waals surface area (Å²) < 4.78 is 0.967. The van der Waals surface area contributed by atoms with Crippen LogP contribution in [0.5, 0.6) is 0 Å². The van der Waals surface area contributed by atoms with Crippen LogP contribution in [0.1, 0.15) is 76.5 Å². The van der Waals surface area contributed by atoms with E-state index in [2.05, 4.69) is 21.2 Å². The Labute approximate surface area is 198 Å². The minimum absolute atomic E-state index is 0.0263. The first-order valence-corrected chi connectivity index (χ1v) is 12.6. The van der Waals surface area contributed by atoms with Gasteiger partial charge in [-0.2, -0.15) is 0 Å². The molecule has 0 unspecified atom stereocenters. The molecule has 32 heavy (non-hydrogen) atoms. The van der Waals surface area contributed by atoms with Gasteiger partial charge < -0.3 is 10.2 Å². The SMILES string of the molecule is Cc1ccc(C(=O)N[C@@H]2C[C@H]3CC[C@H]2C3)c(C2CCN(C(=O)c3ccc(Br)cc3)CC2)n1. The highest BCUT2D eigenvalue weighted by atomic mass is 79.9. The average molecular weight is 496 g/mol. The van der Waals surface area contributed by atoms with Crippen molar-refractivity contribution in [1.29, 1.82) is 0 Å². The third-order valence-corrected chi connectivity index (χ3v) is 8.15. The summed E-state index contributed by atoms with van der Waals surface area (Å²) in [5.74, 6) is 1.75. The average Bonchev–Trinajstić information content (AvgIpc) is 3.42. The van der Waals surface area contributed by atoms with Crippen molar-refractivity contribution in [3.05, 3.63) is 63.4 Å². The van der Waals surface area contributed by atoms with Crippen molar-refractivity contribution >= 4 is 27.7 Å². The molecule has 1 aromatic carbocycles. The van der Waals surface area contributed by atoms with Crippen LogP contribution in [0.15, 0.2) is 40.9 Å². The molecular formula is C26H30BrN3O2. The summed E-state index contributed by atoms with van der Waals surface area (Å²) in [7, 11) is 0. The zero-order chi connectivity index (χ0) is 22.2. The minimum Gasteiger partial charge on any atom is -0.349 e. The van der Waals surface area contributed by atoms with Crippen LogP contribution < -0.4 is 5.32 Å². The van der Waals surface area contributed by atoms with E-state index in [1.807, 2.05) is 48.2 Å². The van der Waals surface area contributed by atoms with E-state index in [-0.39, 0.29) is 17.7 Å². The second-order valence-electron chi connectivity index (χ2n) is 9.71.